The van der Waals surface area contributed by atoms with Gasteiger partial charge in [-0.05, 0) is 83.1 Å². The van der Waals surface area contributed by atoms with Gasteiger partial charge in [-0.3, -0.25) is 4.98 Å². The SMILES string of the molecule is CC1CN(c2ccc(C#N)c3ncccc23)C[C@H](CN2CCC(N3CCCCC3)CC2)O1. The van der Waals surface area contributed by atoms with E-state index >= 15 is 0 Å². The molecule has 1 aromatic carbocycles. The van der Waals surface area contributed by atoms with Crippen LogP contribution in [0.2, 0.25) is 0 Å². The Morgan fingerprint density at radius 3 is 2.66 bits per heavy atom. The summed E-state index contributed by atoms with van der Waals surface area (Å²) in [6.45, 7) is 9.88. The summed E-state index contributed by atoms with van der Waals surface area (Å²) in [5, 5.41) is 10.5. The lowest BCUT2D eigenvalue weighted by Gasteiger charge is -2.43. The van der Waals surface area contributed by atoms with E-state index in [0.717, 1.165) is 42.3 Å². The molecule has 0 bridgehead atoms. The number of pyridine rings is 1. The van der Waals surface area contributed by atoms with Gasteiger partial charge in [0.05, 0.1) is 23.3 Å². The molecule has 0 radical (unpaired) electrons. The smallest absolute Gasteiger partial charge is 0.101 e. The van der Waals surface area contributed by atoms with Crippen molar-refractivity contribution in [3.63, 3.8) is 0 Å². The van der Waals surface area contributed by atoms with Gasteiger partial charge in [0.15, 0.2) is 0 Å². The van der Waals surface area contributed by atoms with Gasteiger partial charge in [-0.15, -0.1) is 0 Å². The number of piperidine rings is 2. The molecule has 5 rings (SSSR count). The first-order valence-corrected chi connectivity index (χ1v) is 12.4. The molecule has 3 fully saturated rings. The number of aromatic nitrogens is 1. The molecular formula is C26H35N5O. The highest BCUT2D eigenvalue weighted by atomic mass is 16.5. The maximum absolute atomic E-state index is 9.47. The van der Waals surface area contributed by atoms with Gasteiger partial charge in [0.25, 0.3) is 0 Å². The third-order valence-corrected chi connectivity index (χ3v) is 7.46. The monoisotopic (exact) mass is 433 g/mol. The van der Waals surface area contributed by atoms with Gasteiger partial charge in [-0.2, -0.15) is 5.26 Å². The minimum atomic E-state index is 0.182. The lowest BCUT2D eigenvalue weighted by Crippen LogP contribution is -2.53. The van der Waals surface area contributed by atoms with Crippen LogP contribution in [0.1, 0.15) is 44.6 Å². The fraction of sp³-hybridized carbons (Fsp3) is 0.615. The summed E-state index contributed by atoms with van der Waals surface area (Å²) in [5.74, 6) is 0. The Hall–Kier alpha value is -2.20. The molecule has 3 aliphatic heterocycles. The normalized spacial score (nSPS) is 26.3. The average Bonchev–Trinajstić information content (AvgIpc) is 2.84. The molecule has 6 heteroatoms. The van der Waals surface area contributed by atoms with Gasteiger partial charge in [-0.1, -0.05) is 6.42 Å². The van der Waals surface area contributed by atoms with Gasteiger partial charge in [0.2, 0.25) is 0 Å². The Balaban J connectivity index is 1.24. The largest absolute Gasteiger partial charge is 0.370 e. The van der Waals surface area contributed by atoms with Crippen LogP contribution in [-0.4, -0.2) is 78.8 Å². The molecule has 32 heavy (non-hydrogen) atoms. The van der Waals surface area contributed by atoms with E-state index < -0.39 is 0 Å². The maximum atomic E-state index is 9.47. The van der Waals surface area contributed by atoms with E-state index in [1.54, 1.807) is 6.20 Å². The highest BCUT2D eigenvalue weighted by Gasteiger charge is 2.31. The molecule has 0 aliphatic carbocycles. The van der Waals surface area contributed by atoms with Gasteiger partial charge in [0, 0.05) is 42.9 Å². The van der Waals surface area contributed by atoms with Crippen LogP contribution < -0.4 is 4.90 Å². The van der Waals surface area contributed by atoms with Crippen LogP contribution >= 0.6 is 0 Å². The van der Waals surface area contributed by atoms with Crippen LogP contribution in [0.25, 0.3) is 10.9 Å². The zero-order valence-electron chi connectivity index (χ0n) is 19.2. The molecule has 4 heterocycles. The summed E-state index contributed by atoms with van der Waals surface area (Å²) >= 11 is 0. The molecule has 3 saturated heterocycles. The molecule has 0 spiro atoms. The number of hydrogen-bond donors (Lipinski definition) is 0. The van der Waals surface area contributed by atoms with Gasteiger partial charge in [-0.25, -0.2) is 0 Å². The van der Waals surface area contributed by atoms with Crippen molar-refractivity contribution in [3.05, 3.63) is 36.0 Å². The number of likely N-dealkylation sites (tertiary alicyclic amines) is 2. The van der Waals surface area contributed by atoms with Crippen LogP contribution in [0.15, 0.2) is 30.5 Å². The minimum Gasteiger partial charge on any atom is -0.370 e. The molecule has 2 atom stereocenters. The van der Waals surface area contributed by atoms with E-state index in [2.05, 4.69) is 44.8 Å². The second-order valence-electron chi connectivity index (χ2n) is 9.75. The fourth-order valence-corrected chi connectivity index (χ4v) is 5.90. The van der Waals surface area contributed by atoms with E-state index in [-0.39, 0.29) is 12.2 Å². The Morgan fingerprint density at radius 1 is 1.06 bits per heavy atom. The van der Waals surface area contributed by atoms with Crippen LogP contribution in [-0.2, 0) is 4.74 Å². The summed E-state index contributed by atoms with van der Waals surface area (Å²) in [4.78, 5) is 12.3. The number of ether oxygens (including phenoxy) is 1. The first-order chi connectivity index (χ1) is 15.7. The highest BCUT2D eigenvalue weighted by molar-refractivity contribution is 5.95. The Kier molecular flexibility index (Phi) is 6.59. The molecule has 170 valence electrons. The predicted octanol–water partition coefficient (Wildman–Crippen LogP) is 3.65. The van der Waals surface area contributed by atoms with Gasteiger partial charge < -0.3 is 19.4 Å². The van der Waals surface area contributed by atoms with Crippen molar-refractivity contribution in [1.29, 1.82) is 5.26 Å². The van der Waals surface area contributed by atoms with Crippen molar-refractivity contribution in [3.8, 4) is 6.07 Å². The second kappa shape index (κ2) is 9.74. The van der Waals surface area contributed by atoms with Gasteiger partial charge in [0.1, 0.15) is 6.07 Å². The third-order valence-electron chi connectivity index (χ3n) is 7.46. The first-order valence-electron chi connectivity index (χ1n) is 12.4. The van der Waals surface area contributed by atoms with E-state index in [4.69, 9.17) is 4.74 Å². The number of anilines is 1. The average molecular weight is 434 g/mol. The molecule has 0 amide bonds. The number of nitriles is 1. The van der Waals surface area contributed by atoms with Crippen molar-refractivity contribution in [2.75, 3.05) is 50.7 Å². The number of morpholine rings is 1. The van der Waals surface area contributed by atoms with Crippen molar-refractivity contribution >= 4 is 16.6 Å². The zero-order chi connectivity index (χ0) is 21.9. The number of hydrogen-bond acceptors (Lipinski definition) is 6. The van der Waals surface area contributed by atoms with E-state index in [9.17, 15) is 5.26 Å². The number of benzene rings is 1. The van der Waals surface area contributed by atoms with E-state index in [0.29, 0.717) is 5.56 Å². The van der Waals surface area contributed by atoms with Crippen LogP contribution in [0, 0.1) is 11.3 Å². The topological polar surface area (TPSA) is 55.6 Å². The lowest BCUT2D eigenvalue weighted by atomic mass is 9.99. The molecule has 1 unspecified atom stereocenters. The van der Waals surface area contributed by atoms with Crippen LogP contribution in [0.5, 0.6) is 0 Å². The van der Waals surface area contributed by atoms with Crippen LogP contribution in [0.4, 0.5) is 5.69 Å². The summed E-state index contributed by atoms with van der Waals surface area (Å²) in [5.41, 5.74) is 2.60. The summed E-state index contributed by atoms with van der Waals surface area (Å²) in [6.07, 6.45) is 8.90. The van der Waals surface area contributed by atoms with Crippen molar-refractivity contribution in [1.82, 2.24) is 14.8 Å². The first kappa shape index (κ1) is 21.6. The zero-order valence-corrected chi connectivity index (χ0v) is 19.2. The number of rotatable bonds is 4. The molecule has 0 N–H and O–H groups in total. The highest BCUT2D eigenvalue weighted by Crippen LogP contribution is 2.30. The van der Waals surface area contributed by atoms with Crippen LogP contribution in [0.3, 0.4) is 0 Å². The number of fused-ring (bicyclic) bond motifs is 1. The van der Waals surface area contributed by atoms with Gasteiger partial charge >= 0.3 is 0 Å². The summed E-state index contributed by atoms with van der Waals surface area (Å²) in [6, 6.07) is 11.1. The Bertz CT molecular complexity index is 958. The molecule has 1 aromatic heterocycles. The molecule has 2 aromatic rings. The van der Waals surface area contributed by atoms with E-state index in [1.165, 1.54) is 58.3 Å². The quantitative estimate of drug-likeness (QED) is 0.734. The lowest BCUT2D eigenvalue weighted by molar-refractivity contribution is -0.0380. The standard InChI is InChI=1S/C26H35N5O/c1-20-17-31(25-8-7-21(16-27)26-24(25)6-5-11-28-26)19-23(32-20)18-29-14-9-22(10-15-29)30-12-3-2-4-13-30/h5-8,11,20,22-23H,2-4,9-10,12-15,17-19H2,1H3/t20?,23-/m0/s1. The fourth-order valence-electron chi connectivity index (χ4n) is 5.90. The van der Waals surface area contributed by atoms with Crippen molar-refractivity contribution in [2.24, 2.45) is 0 Å². The van der Waals surface area contributed by atoms with Crippen molar-refractivity contribution in [2.45, 2.75) is 57.3 Å². The number of nitrogens with zero attached hydrogens (tertiary/aromatic N) is 5. The maximum Gasteiger partial charge on any atom is 0.101 e. The minimum absolute atomic E-state index is 0.182. The molecule has 3 aliphatic rings. The second-order valence-corrected chi connectivity index (χ2v) is 9.75. The van der Waals surface area contributed by atoms with E-state index in [1.807, 2.05) is 12.1 Å². The molecule has 0 saturated carbocycles. The molecule has 6 nitrogen and oxygen atoms in total. The molecular weight excluding hydrogens is 398 g/mol. The summed E-state index contributed by atoms with van der Waals surface area (Å²) in [7, 11) is 0. The summed E-state index contributed by atoms with van der Waals surface area (Å²) < 4.78 is 6.38. The Morgan fingerprint density at radius 2 is 1.88 bits per heavy atom. The third kappa shape index (κ3) is 4.61. The predicted molar refractivity (Wildman–Crippen MR) is 128 cm³/mol. The van der Waals surface area contributed by atoms with Crippen molar-refractivity contribution < 1.29 is 4.74 Å². The Labute approximate surface area is 191 Å².